The second kappa shape index (κ2) is 11.8. The van der Waals surface area contributed by atoms with Crippen molar-refractivity contribution < 1.29 is 4.79 Å². The lowest BCUT2D eigenvalue weighted by atomic mass is 10.0. The van der Waals surface area contributed by atoms with Gasteiger partial charge in [-0.3, -0.25) is 4.79 Å². The van der Waals surface area contributed by atoms with Crippen molar-refractivity contribution in [3.63, 3.8) is 0 Å². The number of thioether (sulfide) groups is 2. The molecule has 0 aliphatic heterocycles. The molecular weight excluding hydrogens is 428 g/mol. The first kappa shape index (κ1) is 22.4. The molecule has 160 valence electrons. The Balaban J connectivity index is 1.51. The summed E-state index contributed by atoms with van der Waals surface area (Å²) in [6, 6.07) is 41.5. The fourth-order valence-corrected chi connectivity index (χ4v) is 6.02. The molecule has 4 rings (SSSR count). The fraction of sp³-hybridized carbons (Fsp3) is 0.138. The van der Waals surface area contributed by atoms with E-state index in [4.69, 9.17) is 0 Å². The van der Waals surface area contributed by atoms with E-state index < -0.39 is 0 Å². The average molecular weight is 455 g/mol. The minimum atomic E-state index is 0.101. The first-order valence-corrected chi connectivity index (χ1v) is 12.6. The third kappa shape index (κ3) is 6.62. The Morgan fingerprint density at radius 2 is 0.812 bits per heavy atom. The third-order valence-corrected chi connectivity index (χ3v) is 7.75. The van der Waals surface area contributed by atoms with Crippen LogP contribution in [-0.4, -0.2) is 5.78 Å². The Morgan fingerprint density at radius 3 is 1.16 bits per heavy atom. The smallest absolute Gasteiger partial charge is 0.135 e. The lowest BCUT2D eigenvalue weighted by molar-refractivity contribution is -0.119. The Morgan fingerprint density at radius 1 is 0.500 bits per heavy atom. The molecule has 0 aliphatic rings. The zero-order valence-corrected chi connectivity index (χ0v) is 19.5. The normalized spacial score (nSPS) is 12.8. The Kier molecular flexibility index (Phi) is 8.24. The van der Waals surface area contributed by atoms with Crippen LogP contribution in [0.5, 0.6) is 0 Å². The van der Waals surface area contributed by atoms with E-state index in [0.717, 1.165) is 0 Å². The van der Waals surface area contributed by atoms with Gasteiger partial charge in [-0.25, -0.2) is 0 Å². The number of rotatable bonds is 10. The highest BCUT2D eigenvalue weighted by molar-refractivity contribution is 7.99. The van der Waals surface area contributed by atoms with Gasteiger partial charge < -0.3 is 0 Å². The maximum atomic E-state index is 13.4. The molecule has 0 radical (unpaired) electrons. The van der Waals surface area contributed by atoms with Gasteiger partial charge in [0, 0.05) is 33.1 Å². The Hall–Kier alpha value is -2.75. The monoisotopic (exact) mass is 454 g/mol. The van der Waals surface area contributed by atoms with Crippen LogP contribution in [-0.2, 0) is 4.79 Å². The number of Topliss-reactive ketones (excluding diaryl/α,β-unsaturated/α-hetero) is 1. The van der Waals surface area contributed by atoms with E-state index in [0.29, 0.717) is 18.6 Å². The molecule has 4 aromatic carbocycles. The quantitative estimate of drug-likeness (QED) is 0.224. The van der Waals surface area contributed by atoms with Crippen LogP contribution in [0.15, 0.2) is 131 Å². The highest BCUT2D eigenvalue weighted by Gasteiger charge is 2.22. The maximum Gasteiger partial charge on any atom is 0.135 e. The zero-order chi connectivity index (χ0) is 22.0. The van der Waals surface area contributed by atoms with Gasteiger partial charge in [0.05, 0.1) is 0 Å². The standard InChI is InChI=1S/C29H26OS2/c30-25(21-28(23-13-5-1-6-14-23)31-26-17-9-3-10-18-26)22-29(24-15-7-2-8-16-24)32-27-19-11-4-12-20-27/h1-20,28-29H,21-22H2/t28-,29-/m0/s1. The molecule has 0 spiro atoms. The van der Waals surface area contributed by atoms with E-state index in [-0.39, 0.29) is 10.5 Å². The van der Waals surface area contributed by atoms with Crippen LogP contribution < -0.4 is 0 Å². The first-order chi connectivity index (χ1) is 15.8. The van der Waals surface area contributed by atoms with Crippen LogP contribution in [0.3, 0.4) is 0 Å². The van der Waals surface area contributed by atoms with E-state index in [1.807, 2.05) is 48.5 Å². The molecule has 0 saturated heterocycles. The SMILES string of the molecule is O=C(C[C@H](Sc1ccccc1)c1ccccc1)C[C@H](Sc1ccccc1)c1ccccc1. The van der Waals surface area contributed by atoms with E-state index in [1.54, 1.807) is 23.5 Å². The summed E-state index contributed by atoms with van der Waals surface area (Å²) in [5, 5.41) is 0.202. The Labute approximate surface area is 199 Å². The van der Waals surface area contributed by atoms with Crippen molar-refractivity contribution in [2.24, 2.45) is 0 Å². The molecule has 0 aliphatic carbocycles. The molecule has 0 amide bonds. The second-order valence-electron chi connectivity index (χ2n) is 7.61. The van der Waals surface area contributed by atoms with Gasteiger partial charge in [-0.1, -0.05) is 97.1 Å². The fourth-order valence-electron chi connectivity index (χ4n) is 3.61. The topological polar surface area (TPSA) is 17.1 Å². The van der Waals surface area contributed by atoms with Gasteiger partial charge in [0.15, 0.2) is 0 Å². The highest BCUT2D eigenvalue weighted by atomic mass is 32.2. The maximum absolute atomic E-state index is 13.4. The molecule has 2 atom stereocenters. The summed E-state index contributed by atoms with van der Waals surface area (Å²) in [6.45, 7) is 0. The number of ketones is 1. The highest BCUT2D eigenvalue weighted by Crippen LogP contribution is 2.41. The number of carbonyl (C=O) groups is 1. The number of hydrogen-bond acceptors (Lipinski definition) is 3. The second-order valence-corrected chi connectivity index (χ2v) is 10.2. The van der Waals surface area contributed by atoms with Crippen molar-refractivity contribution in [1.29, 1.82) is 0 Å². The van der Waals surface area contributed by atoms with E-state index in [9.17, 15) is 4.79 Å². The Bertz CT molecular complexity index is 994. The van der Waals surface area contributed by atoms with Gasteiger partial charge >= 0.3 is 0 Å². The molecule has 0 heterocycles. The molecule has 3 heteroatoms. The zero-order valence-electron chi connectivity index (χ0n) is 17.8. The first-order valence-electron chi connectivity index (χ1n) is 10.8. The molecular formula is C29H26OS2. The van der Waals surface area contributed by atoms with Crippen molar-refractivity contribution in [2.75, 3.05) is 0 Å². The minimum absolute atomic E-state index is 0.101. The van der Waals surface area contributed by atoms with Gasteiger partial charge in [-0.2, -0.15) is 0 Å². The van der Waals surface area contributed by atoms with Crippen molar-refractivity contribution in [3.05, 3.63) is 132 Å². The molecule has 0 N–H and O–H groups in total. The predicted molar refractivity (Wildman–Crippen MR) is 137 cm³/mol. The lowest BCUT2D eigenvalue weighted by Crippen LogP contribution is -2.09. The van der Waals surface area contributed by atoms with Crippen LogP contribution in [0.4, 0.5) is 0 Å². The average Bonchev–Trinajstić information content (AvgIpc) is 2.86. The lowest BCUT2D eigenvalue weighted by Gasteiger charge is -2.20. The summed E-state index contributed by atoms with van der Waals surface area (Å²) in [7, 11) is 0. The molecule has 0 aromatic heterocycles. The van der Waals surface area contributed by atoms with Crippen LogP contribution >= 0.6 is 23.5 Å². The molecule has 0 fully saturated rings. The molecule has 32 heavy (non-hydrogen) atoms. The molecule has 4 aromatic rings. The van der Waals surface area contributed by atoms with Crippen LogP contribution in [0, 0.1) is 0 Å². The van der Waals surface area contributed by atoms with Gasteiger partial charge in [-0.05, 0) is 35.4 Å². The number of carbonyl (C=O) groups excluding carboxylic acids is 1. The van der Waals surface area contributed by atoms with Crippen molar-refractivity contribution in [3.8, 4) is 0 Å². The molecule has 0 bridgehead atoms. The van der Waals surface area contributed by atoms with Gasteiger partial charge in [0.1, 0.15) is 5.78 Å². The summed E-state index contributed by atoms with van der Waals surface area (Å²) < 4.78 is 0. The summed E-state index contributed by atoms with van der Waals surface area (Å²) in [5.41, 5.74) is 2.39. The van der Waals surface area contributed by atoms with Gasteiger partial charge in [-0.15, -0.1) is 23.5 Å². The summed E-state index contributed by atoms with van der Waals surface area (Å²) in [6.07, 6.45) is 1.03. The molecule has 1 nitrogen and oxygen atoms in total. The largest absolute Gasteiger partial charge is 0.300 e. The van der Waals surface area contributed by atoms with Crippen molar-refractivity contribution in [2.45, 2.75) is 33.1 Å². The molecule has 0 unspecified atom stereocenters. The molecule has 0 saturated carbocycles. The summed E-state index contributed by atoms with van der Waals surface area (Å²) in [4.78, 5) is 15.7. The number of benzene rings is 4. The summed E-state index contributed by atoms with van der Waals surface area (Å²) >= 11 is 3.54. The van der Waals surface area contributed by atoms with Crippen LogP contribution in [0.25, 0.3) is 0 Å². The van der Waals surface area contributed by atoms with Crippen LogP contribution in [0.1, 0.15) is 34.5 Å². The predicted octanol–water partition coefficient (Wildman–Crippen LogP) is 8.40. The van der Waals surface area contributed by atoms with E-state index in [2.05, 4.69) is 72.8 Å². The van der Waals surface area contributed by atoms with E-state index >= 15 is 0 Å². The van der Waals surface area contributed by atoms with Gasteiger partial charge in [0.2, 0.25) is 0 Å². The van der Waals surface area contributed by atoms with E-state index in [1.165, 1.54) is 20.9 Å². The summed E-state index contributed by atoms with van der Waals surface area (Å²) in [5.74, 6) is 0.291. The van der Waals surface area contributed by atoms with Crippen LogP contribution in [0.2, 0.25) is 0 Å². The third-order valence-electron chi connectivity index (χ3n) is 5.21. The van der Waals surface area contributed by atoms with Crippen molar-refractivity contribution in [1.82, 2.24) is 0 Å². The van der Waals surface area contributed by atoms with Gasteiger partial charge in [0.25, 0.3) is 0 Å². The van der Waals surface area contributed by atoms with Crippen molar-refractivity contribution >= 4 is 29.3 Å². The minimum Gasteiger partial charge on any atom is -0.300 e. The number of hydrogen-bond donors (Lipinski definition) is 0.